The summed E-state index contributed by atoms with van der Waals surface area (Å²) >= 11 is 0. The Hall–Kier alpha value is -1.10. The molecule has 0 radical (unpaired) electrons. The fraction of sp³-hybridized carbons (Fsp3) is 0.538. The van der Waals surface area contributed by atoms with Gasteiger partial charge in [0.05, 0.1) is 5.56 Å². The first-order chi connectivity index (χ1) is 8.25. The van der Waals surface area contributed by atoms with Crippen molar-refractivity contribution in [3.8, 4) is 0 Å². The quantitative estimate of drug-likeness (QED) is 0.806. The van der Waals surface area contributed by atoms with Gasteiger partial charge >= 0.3 is 6.18 Å². The summed E-state index contributed by atoms with van der Waals surface area (Å²) in [4.78, 5) is 0. The summed E-state index contributed by atoms with van der Waals surface area (Å²) in [7, 11) is 0. The number of halogens is 4. The lowest BCUT2D eigenvalue weighted by Gasteiger charge is -2.17. The molecule has 1 aromatic carbocycles. The van der Waals surface area contributed by atoms with Gasteiger partial charge in [-0.05, 0) is 30.0 Å². The van der Waals surface area contributed by atoms with Gasteiger partial charge < -0.3 is 5.73 Å². The second-order valence-electron chi connectivity index (χ2n) is 4.59. The minimum absolute atomic E-state index is 0.352. The second-order valence-corrected chi connectivity index (χ2v) is 4.59. The monoisotopic (exact) mass is 263 g/mol. The number of hydrogen-bond donors (Lipinski definition) is 1. The molecule has 2 atom stereocenters. The van der Waals surface area contributed by atoms with Gasteiger partial charge in [-0.2, -0.15) is 13.2 Å². The van der Waals surface area contributed by atoms with E-state index in [4.69, 9.17) is 5.73 Å². The molecular weight excluding hydrogens is 246 g/mol. The van der Waals surface area contributed by atoms with Crippen LogP contribution in [0.15, 0.2) is 18.2 Å². The van der Waals surface area contributed by atoms with Crippen LogP contribution in [-0.4, -0.2) is 0 Å². The maximum Gasteiger partial charge on any atom is 0.419 e. The third-order valence-electron chi connectivity index (χ3n) is 3.08. The molecule has 0 amide bonds. The molecule has 0 aliphatic heterocycles. The van der Waals surface area contributed by atoms with Gasteiger partial charge in [0, 0.05) is 6.04 Å². The smallest absolute Gasteiger partial charge is 0.324 e. The number of rotatable bonds is 4. The van der Waals surface area contributed by atoms with E-state index in [9.17, 15) is 17.6 Å². The normalized spacial score (nSPS) is 15.5. The van der Waals surface area contributed by atoms with Crippen molar-refractivity contribution >= 4 is 0 Å². The van der Waals surface area contributed by atoms with Crippen molar-refractivity contribution in [3.05, 3.63) is 35.1 Å². The predicted molar refractivity (Wildman–Crippen MR) is 62.4 cm³/mol. The van der Waals surface area contributed by atoms with Crippen LogP contribution in [0.5, 0.6) is 0 Å². The Labute approximate surface area is 104 Å². The number of benzene rings is 1. The Bertz CT molecular complexity index is 400. The summed E-state index contributed by atoms with van der Waals surface area (Å²) in [6, 6.07) is 2.45. The van der Waals surface area contributed by atoms with Gasteiger partial charge in [-0.1, -0.05) is 26.3 Å². The van der Waals surface area contributed by atoms with Crippen molar-refractivity contribution in [2.24, 2.45) is 11.7 Å². The van der Waals surface area contributed by atoms with Crippen LogP contribution in [0.2, 0.25) is 0 Å². The third kappa shape index (κ3) is 3.70. The van der Waals surface area contributed by atoms with Crippen LogP contribution >= 0.6 is 0 Å². The summed E-state index contributed by atoms with van der Waals surface area (Å²) in [5, 5.41) is 0. The first-order valence-electron chi connectivity index (χ1n) is 5.88. The fourth-order valence-electron chi connectivity index (χ4n) is 1.73. The van der Waals surface area contributed by atoms with Gasteiger partial charge in [-0.3, -0.25) is 0 Å². The molecule has 2 N–H and O–H groups in total. The lowest BCUT2D eigenvalue weighted by atomic mass is 9.94. The molecule has 2 unspecified atom stereocenters. The minimum atomic E-state index is -4.66. The number of alkyl halides is 3. The van der Waals surface area contributed by atoms with Gasteiger partial charge in [0.15, 0.2) is 0 Å². The molecule has 0 aliphatic rings. The van der Waals surface area contributed by atoms with E-state index in [-0.39, 0.29) is 0 Å². The van der Waals surface area contributed by atoms with E-state index < -0.39 is 23.6 Å². The average molecular weight is 263 g/mol. The van der Waals surface area contributed by atoms with Crippen molar-refractivity contribution in [1.29, 1.82) is 0 Å². The van der Waals surface area contributed by atoms with Crippen molar-refractivity contribution in [2.45, 2.75) is 38.9 Å². The van der Waals surface area contributed by atoms with E-state index in [1.807, 2.05) is 13.8 Å². The lowest BCUT2D eigenvalue weighted by Crippen LogP contribution is -2.15. The summed E-state index contributed by atoms with van der Waals surface area (Å²) in [6.45, 7) is 4.00. The highest BCUT2D eigenvalue weighted by atomic mass is 19.4. The Morgan fingerprint density at radius 3 is 2.33 bits per heavy atom. The third-order valence-corrected chi connectivity index (χ3v) is 3.08. The molecule has 0 aliphatic carbocycles. The standard InChI is InChI=1S/C13H17F4N/c1-3-8(2)6-12(18)9-4-5-10(11(14)7-9)13(15,16)17/h4-5,7-8,12H,3,6,18H2,1-2H3. The first-order valence-corrected chi connectivity index (χ1v) is 5.88. The van der Waals surface area contributed by atoms with Crippen LogP contribution in [0.4, 0.5) is 17.6 Å². The largest absolute Gasteiger partial charge is 0.419 e. The van der Waals surface area contributed by atoms with Crippen LogP contribution in [0.1, 0.15) is 43.9 Å². The molecule has 1 rings (SSSR count). The van der Waals surface area contributed by atoms with Crippen molar-refractivity contribution < 1.29 is 17.6 Å². The summed E-state index contributed by atoms with van der Waals surface area (Å²) in [5.41, 5.74) is 5.01. The van der Waals surface area contributed by atoms with Gasteiger partial charge in [0.1, 0.15) is 5.82 Å². The van der Waals surface area contributed by atoms with E-state index in [2.05, 4.69) is 0 Å². The van der Waals surface area contributed by atoms with Gasteiger partial charge in [-0.15, -0.1) is 0 Å². The highest BCUT2D eigenvalue weighted by Crippen LogP contribution is 2.32. The Morgan fingerprint density at radius 1 is 1.28 bits per heavy atom. The second kappa shape index (κ2) is 5.69. The summed E-state index contributed by atoms with van der Waals surface area (Å²) in [5.74, 6) is -0.912. The van der Waals surface area contributed by atoms with Gasteiger partial charge in [0.2, 0.25) is 0 Å². The van der Waals surface area contributed by atoms with E-state index in [1.165, 1.54) is 6.07 Å². The molecule has 1 nitrogen and oxygen atoms in total. The lowest BCUT2D eigenvalue weighted by molar-refractivity contribution is -0.140. The summed E-state index contributed by atoms with van der Waals surface area (Å²) < 4.78 is 50.5. The zero-order valence-electron chi connectivity index (χ0n) is 10.4. The van der Waals surface area contributed by atoms with Crippen LogP contribution < -0.4 is 5.73 Å². The van der Waals surface area contributed by atoms with Crippen LogP contribution in [0, 0.1) is 11.7 Å². The van der Waals surface area contributed by atoms with E-state index >= 15 is 0 Å². The van der Waals surface area contributed by atoms with Gasteiger partial charge in [0.25, 0.3) is 0 Å². The highest BCUT2D eigenvalue weighted by molar-refractivity contribution is 5.28. The van der Waals surface area contributed by atoms with Crippen molar-refractivity contribution in [3.63, 3.8) is 0 Å². The molecule has 102 valence electrons. The van der Waals surface area contributed by atoms with Crippen molar-refractivity contribution in [1.82, 2.24) is 0 Å². The van der Waals surface area contributed by atoms with E-state index in [0.717, 1.165) is 18.6 Å². The highest BCUT2D eigenvalue weighted by Gasteiger charge is 2.34. The number of hydrogen-bond acceptors (Lipinski definition) is 1. The van der Waals surface area contributed by atoms with Crippen molar-refractivity contribution in [2.75, 3.05) is 0 Å². The maximum atomic E-state index is 13.4. The van der Waals surface area contributed by atoms with Gasteiger partial charge in [-0.25, -0.2) is 4.39 Å². The molecule has 0 bridgehead atoms. The average Bonchev–Trinajstić information content (AvgIpc) is 2.26. The zero-order valence-corrected chi connectivity index (χ0v) is 10.4. The SMILES string of the molecule is CCC(C)CC(N)c1ccc(C(F)(F)F)c(F)c1. The molecule has 0 saturated heterocycles. The fourth-order valence-corrected chi connectivity index (χ4v) is 1.73. The van der Waals surface area contributed by atoms with Crippen LogP contribution in [0.3, 0.4) is 0 Å². The number of nitrogens with two attached hydrogens (primary N) is 1. The molecule has 18 heavy (non-hydrogen) atoms. The molecule has 0 fully saturated rings. The Morgan fingerprint density at radius 2 is 1.89 bits per heavy atom. The minimum Gasteiger partial charge on any atom is -0.324 e. The molecule has 0 aromatic heterocycles. The van der Waals surface area contributed by atoms with Crippen LogP contribution in [-0.2, 0) is 6.18 Å². The molecular formula is C13H17F4N. The van der Waals surface area contributed by atoms with Crippen LogP contribution in [0.25, 0.3) is 0 Å². The molecule has 0 saturated carbocycles. The Balaban J connectivity index is 2.91. The molecule has 1 aromatic rings. The zero-order chi connectivity index (χ0) is 13.9. The summed E-state index contributed by atoms with van der Waals surface area (Å²) in [6.07, 6.45) is -3.11. The molecule has 0 heterocycles. The topological polar surface area (TPSA) is 26.0 Å². The Kier molecular flexibility index (Phi) is 4.73. The first kappa shape index (κ1) is 15.0. The molecule has 5 heteroatoms. The maximum absolute atomic E-state index is 13.4. The van der Waals surface area contributed by atoms with E-state index in [1.54, 1.807) is 0 Å². The van der Waals surface area contributed by atoms with E-state index in [0.29, 0.717) is 17.9 Å². The predicted octanol–water partition coefficient (Wildman–Crippen LogP) is 4.28. The molecule has 0 spiro atoms.